The smallest absolute Gasteiger partial charge is 0.409 e. The highest BCUT2D eigenvalue weighted by Gasteiger charge is 2.31. The lowest BCUT2D eigenvalue weighted by Gasteiger charge is -2.35. The van der Waals surface area contributed by atoms with E-state index < -0.39 is 29.9 Å². The second-order valence-electron chi connectivity index (χ2n) is 8.38. The highest BCUT2D eigenvalue weighted by atomic mass is 16.6. The summed E-state index contributed by atoms with van der Waals surface area (Å²) in [6, 6.07) is 9.35. The van der Waals surface area contributed by atoms with Crippen LogP contribution < -0.4 is 5.32 Å². The van der Waals surface area contributed by atoms with Gasteiger partial charge < -0.3 is 30.1 Å². The average molecular weight is 514 g/mol. The standard InChI is InChI=1S/C25H31N5O7/c1-2-37-25(36)30-13-11-29(12-14-30)24(35)19(8-9-21(32)33)28-23(34)20-16-18(10-15-31)26-22(27-20)17-6-4-3-5-7-17/h3-7,16,19,31H,2,8-15H2,1H3,(H,28,34)(H,32,33)/t19-/m0/s1. The van der Waals surface area contributed by atoms with Crippen molar-refractivity contribution < 1.29 is 34.1 Å². The Morgan fingerprint density at radius 1 is 1.05 bits per heavy atom. The number of piperazine rings is 1. The number of rotatable bonds is 10. The molecule has 3 amide bonds. The Labute approximate surface area is 214 Å². The zero-order chi connectivity index (χ0) is 26.8. The van der Waals surface area contributed by atoms with Gasteiger partial charge in [0.15, 0.2) is 5.82 Å². The molecule has 1 aliphatic heterocycles. The molecular weight excluding hydrogens is 482 g/mol. The van der Waals surface area contributed by atoms with E-state index in [0.717, 1.165) is 0 Å². The largest absolute Gasteiger partial charge is 0.481 e. The number of carbonyl (C=O) groups is 4. The van der Waals surface area contributed by atoms with Crippen molar-refractivity contribution in [2.75, 3.05) is 39.4 Å². The predicted octanol–water partition coefficient (Wildman–Crippen LogP) is 0.942. The van der Waals surface area contributed by atoms with Gasteiger partial charge in [-0.25, -0.2) is 14.8 Å². The third kappa shape index (κ3) is 7.71. The van der Waals surface area contributed by atoms with E-state index in [2.05, 4.69) is 15.3 Å². The van der Waals surface area contributed by atoms with Crippen LogP contribution in [0.25, 0.3) is 11.4 Å². The molecule has 0 unspecified atom stereocenters. The SMILES string of the molecule is CCOC(=O)N1CCN(C(=O)[C@H](CCC(=O)O)NC(=O)c2cc(CCO)nc(-c3ccccc3)n2)CC1. The molecule has 0 aliphatic carbocycles. The molecule has 0 radical (unpaired) electrons. The van der Waals surface area contributed by atoms with Crippen LogP contribution in [0.5, 0.6) is 0 Å². The van der Waals surface area contributed by atoms with Gasteiger partial charge >= 0.3 is 12.1 Å². The third-order valence-corrected chi connectivity index (χ3v) is 5.78. The van der Waals surface area contributed by atoms with E-state index in [1.807, 2.05) is 6.07 Å². The number of carboxylic acids is 1. The second kappa shape index (κ2) is 13.3. The first-order valence-electron chi connectivity index (χ1n) is 12.1. The lowest BCUT2D eigenvalue weighted by Crippen LogP contribution is -2.56. The van der Waals surface area contributed by atoms with Crippen LogP contribution in [0.2, 0.25) is 0 Å². The van der Waals surface area contributed by atoms with Crippen molar-refractivity contribution in [2.45, 2.75) is 32.2 Å². The number of carbonyl (C=O) groups excluding carboxylic acids is 3. The Hall–Kier alpha value is -4.06. The lowest BCUT2D eigenvalue weighted by molar-refractivity contribution is -0.138. The molecule has 0 bridgehead atoms. The second-order valence-corrected chi connectivity index (χ2v) is 8.38. The van der Waals surface area contributed by atoms with Gasteiger partial charge in [0.1, 0.15) is 11.7 Å². The maximum atomic E-state index is 13.3. The molecule has 1 aromatic heterocycles. The van der Waals surface area contributed by atoms with E-state index in [4.69, 9.17) is 9.84 Å². The molecule has 12 heteroatoms. The molecule has 198 valence electrons. The Morgan fingerprint density at radius 3 is 2.35 bits per heavy atom. The topological polar surface area (TPSA) is 162 Å². The molecule has 3 rings (SSSR count). The zero-order valence-electron chi connectivity index (χ0n) is 20.6. The average Bonchev–Trinajstić information content (AvgIpc) is 2.91. The molecule has 0 spiro atoms. The predicted molar refractivity (Wildman–Crippen MR) is 132 cm³/mol. The number of carboxylic acid groups (broad SMARTS) is 1. The molecule has 1 aromatic carbocycles. The number of aliphatic hydroxyl groups is 1. The maximum absolute atomic E-state index is 13.3. The highest BCUT2D eigenvalue weighted by Crippen LogP contribution is 2.17. The van der Waals surface area contributed by atoms with Gasteiger partial charge in [-0.1, -0.05) is 30.3 Å². The number of amides is 3. The summed E-state index contributed by atoms with van der Waals surface area (Å²) in [4.78, 5) is 61.4. The molecule has 37 heavy (non-hydrogen) atoms. The molecule has 0 saturated carbocycles. The first-order valence-corrected chi connectivity index (χ1v) is 12.1. The number of nitrogens with zero attached hydrogens (tertiary/aromatic N) is 4. The van der Waals surface area contributed by atoms with Crippen molar-refractivity contribution in [3.63, 3.8) is 0 Å². The summed E-state index contributed by atoms with van der Waals surface area (Å²) < 4.78 is 4.99. The van der Waals surface area contributed by atoms with Crippen molar-refractivity contribution in [1.82, 2.24) is 25.1 Å². The van der Waals surface area contributed by atoms with Crippen LogP contribution in [0.4, 0.5) is 4.79 Å². The van der Waals surface area contributed by atoms with Gasteiger partial charge in [-0.3, -0.25) is 14.4 Å². The summed E-state index contributed by atoms with van der Waals surface area (Å²) in [5, 5.41) is 21.2. The molecule has 1 saturated heterocycles. The van der Waals surface area contributed by atoms with E-state index in [9.17, 15) is 24.3 Å². The number of aliphatic hydroxyl groups excluding tert-OH is 1. The number of aliphatic carboxylic acids is 1. The van der Waals surface area contributed by atoms with E-state index in [-0.39, 0.29) is 64.3 Å². The van der Waals surface area contributed by atoms with E-state index in [0.29, 0.717) is 17.1 Å². The van der Waals surface area contributed by atoms with Crippen molar-refractivity contribution in [1.29, 1.82) is 0 Å². The summed E-state index contributed by atoms with van der Waals surface area (Å²) in [7, 11) is 0. The minimum Gasteiger partial charge on any atom is -0.481 e. The van der Waals surface area contributed by atoms with Gasteiger partial charge in [-0.2, -0.15) is 0 Å². The number of ether oxygens (including phenoxy) is 1. The lowest BCUT2D eigenvalue weighted by atomic mass is 10.1. The Kier molecular flexibility index (Phi) is 9.90. The van der Waals surface area contributed by atoms with Gasteiger partial charge in [-0.05, 0) is 19.4 Å². The fraction of sp³-hybridized carbons (Fsp3) is 0.440. The first kappa shape index (κ1) is 27.5. The van der Waals surface area contributed by atoms with Gasteiger partial charge in [0, 0.05) is 56.9 Å². The number of aromatic nitrogens is 2. The van der Waals surface area contributed by atoms with Crippen molar-refractivity contribution in [2.24, 2.45) is 0 Å². The van der Waals surface area contributed by atoms with E-state index in [1.165, 1.54) is 15.9 Å². The minimum absolute atomic E-state index is 0.00226. The third-order valence-electron chi connectivity index (χ3n) is 5.78. The van der Waals surface area contributed by atoms with Gasteiger partial charge in [0.2, 0.25) is 5.91 Å². The molecule has 1 atom stereocenters. The maximum Gasteiger partial charge on any atom is 0.409 e. The van der Waals surface area contributed by atoms with Crippen molar-refractivity contribution in [3.8, 4) is 11.4 Å². The minimum atomic E-state index is -1.10. The molecule has 2 aromatic rings. The quantitative estimate of drug-likeness (QED) is 0.420. The van der Waals surface area contributed by atoms with Crippen molar-refractivity contribution in [3.05, 3.63) is 47.8 Å². The Balaban J connectivity index is 1.77. The molecular formula is C25H31N5O7. The van der Waals surface area contributed by atoms with Crippen LogP contribution in [-0.2, 0) is 20.7 Å². The first-order chi connectivity index (χ1) is 17.8. The van der Waals surface area contributed by atoms with Crippen LogP contribution in [0, 0.1) is 0 Å². The summed E-state index contributed by atoms with van der Waals surface area (Å²) in [5.74, 6) is -1.91. The molecule has 1 fully saturated rings. The molecule has 1 aliphatic rings. The summed E-state index contributed by atoms with van der Waals surface area (Å²) >= 11 is 0. The molecule has 2 heterocycles. The fourth-order valence-corrected chi connectivity index (χ4v) is 3.87. The van der Waals surface area contributed by atoms with E-state index in [1.54, 1.807) is 31.2 Å². The summed E-state index contributed by atoms with van der Waals surface area (Å²) in [6.07, 6.45) is -0.691. The molecule has 12 nitrogen and oxygen atoms in total. The van der Waals surface area contributed by atoms with Crippen LogP contribution in [-0.4, -0.2) is 99.3 Å². The zero-order valence-corrected chi connectivity index (χ0v) is 20.6. The number of nitrogens with one attached hydrogen (secondary N) is 1. The Morgan fingerprint density at radius 2 is 1.73 bits per heavy atom. The monoisotopic (exact) mass is 513 g/mol. The van der Waals surface area contributed by atoms with Crippen LogP contribution in [0.15, 0.2) is 36.4 Å². The van der Waals surface area contributed by atoms with Crippen LogP contribution >= 0.6 is 0 Å². The summed E-state index contributed by atoms with van der Waals surface area (Å²) in [6.45, 7) is 2.76. The van der Waals surface area contributed by atoms with Gasteiger partial charge in [-0.15, -0.1) is 0 Å². The number of hydrogen-bond acceptors (Lipinski definition) is 8. The molecule has 3 N–H and O–H groups in total. The van der Waals surface area contributed by atoms with Gasteiger partial charge in [0.05, 0.1) is 6.61 Å². The Bertz CT molecular complexity index is 1100. The van der Waals surface area contributed by atoms with Crippen LogP contribution in [0.1, 0.15) is 35.9 Å². The summed E-state index contributed by atoms with van der Waals surface area (Å²) in [5.41, 5.74) is 1.12. The van der Waals surface area contributed by atoms with Gasteiger partial charge in [0.25, 0.3) is 5.91 Å². The number of benzene rings is 1. The normalized spacial score (nSPS) is 14.1. The van der Waals surface area contributed by atoms with Crippen molar-refractivity contribution >= 4 is 23.9 Å². The van der Waals surface area contributed by atoms with Crippen LogP contribution in [0.3, 0.4) is 0 Å². The highest BCUT2D eigenvalue weighted by molar-refractivity contribution is 5.96. The number of hydrogen-bond donors (Lipinski definition) is 3. The van der Waals surface area contributed by atoms with E-state index >= 15 is 0 Å². The fourth-order valence-electron chi connectivity index (χ4n) is 3.87.